The maximum Gasteiger partial charge on any atom is 0.303 e. The SMILES string of the molecule is CC(C)N(CCCC(=O)O)C(=O)c1nc(N)n[nH]1. The Kier molecular flexibility index (Phi) is 4.64. The number of rotatable bonds is 6. The van der Waals surface area contributed by atoms with Gasteiger partial charge in [0, 0.05) is 19.0 Å². The van der Waals surface area contributed by atoms with E-state index in [0.717, 1.165) is 0 Å². The minimum absolute atomic E-state index is 0.00703. The van der Waals surface area contributed by atoms with Gasteiger partial charge in [-0.1, -0.05) is 0 Å². The van der Waals surface area contributed by atoms with Gasteiger partial charge in [0.2, 0.25) is 11.8 Å². The Bertz CT molecular complexity index is 429. The van der Waals surface area contributed by atoms with E-state index in [4.69, 9.17) is 10.8 Å². The highest BCUT2D eigenvalue weighted by Gasteiger charge is 2.21. The summed E-state index contributed by atoms with van der Waals surface area (Å²) in [6, 6.07) is -0.0578. The minimum atomic E-state index is -0.880. The molecule has 0 aliphatic heterocycles. The lowest BCUT2D eigenvalue weighted by molar-refractivity contribution is -0.137. The van der Waals surface area contributed by atoms with Gasteiger partial charge in [-0.25, -0.2) is 0 Å². The second-order valence-electron chi connectivity index (χ2n) is 4.13. The summed E-state index contributed by atoms with van der Waals surface area (Å²) in [5, 5.41) is 14.6. The molecule has 18 heavy (non-hydrogen) atoms. The molecule has 4 N–H and O–H groups in total. The standard InChI is InChI=1S/C10H17N5O3/c1-6(2)15(5-3-4-7(16)17)9(18)8-12-10(11)14-13-8/h6H,3-5H2,1-2H3,(H,16,17)(H3,11,12,13,14). The lowest BCUT2D eigenvalue weighted by Crippen LogP contribution is -2.38. The monoisotopic (exact) mass is 255 g/mol. The summed E-state index contributed by atoms with van der Waals surface area (Å²) in [5.41, 5.74) is 5.33. The largest absolute Gasteiger partial charge is 0.481 e. The van der Waals surface area contributed by atoms with Crippen molar-refractivity contribution in [2.75, 3.05) is 12.3 Å². The lowest BCUT2D eigenvalue weighted by atomic mass is 10.2. The number of aromatic amines is 1. The number of carboxylic acids is 1. The van der Waals surface area contributed by atoms with E-state index in [1.165, 1.54) is 4.90 Å². The molecule has 0 aromatic carbocycles. The molecule has 0 radical (unpaired) electrons. The number of carbonyl (C=O) groups is 2. The third-order valence-electron chi connectivity index (χ3n) is 2.38. The number of hydrogen-bond acceptors (Lipinski definition) is 5. The highest BCUT2D eigenvalue weighted by molar-refractivity contribution is 5.90. The van der Waals surface area contributed by atoms with Gasteiger partial charge >= 0.3 is 5.97 Å². The van der Waals surface area contributed by atoms with Crippen LogP contribution in [-0.2, 0) is 4.79 Å². The molecule has 0 aliphatic carbocycles. The normalized spacial score (nSPS) is 10.6. The zero-order valence-electron chi connectivity index (χ0n) is 10.4. The van der Waals surface area contributed by atoms with Gasteiger partial charge in [0.05, 0.1) is 0 Å². The van der Waals surface area contributed by atoms with Crippen molar-refractivity contribution in [2.24, 2.45) is 0 Å². The number of H-pyrrole nitrogens is 1. The zero-order chi connectivity index (χ0) is 13.7. The van der Waals surface area contributed by atoms with Gasteiger partial charge in [-0.05, 0) is 20.3 Å². The van der Waals surface area contributed by atoms with Crippen LogP contribution in [0, 0.1) is 0 Å². The number of aliphatic carboxylic acids is 1. The van der Waals surface area contributed by atoms with E-state index >= 15 is 0 Å². The van der Waals surface area contributed by atoms with E-state index in [2.05, 4.69) is 15.2 Å². The first-order valence-corrected chi connectivity index (χ1v) is 5.62. The molecule has 0 saturated heterocycles. The minimum Gasteiger partial charge on any atom is -0.481 e. The lowest BCUT2D eigenvalue weighted by Gasteiger charge is -2.25. The second kappa shape index (κ2) is 5.99. The maximum atomic E-state index is 12.1. The van der Waals surface area contributed by atoms with Crippen LogP contribution in [0.3, 0.4) is 0 Å². The molecule has 8 nitrogen and oxygen atoms in total. The molecule has 1 amide bonds. The first kappa shape index (κ1) is 13.9. The third-order valence-corrected chi connectivity index (χ3v) is 2.38. The van der Waals surface area contributed by atoms with Crippen molar-refractivity contribution >= 4 is 17.8 Å². The van der Waals surface area contributed by atoms with Gasteiger partial charge in [-0.2, -0.15) is 4.98 Å². The van der Waals surface area contributed by atoms with Gasteiger partial charge in [0.1, 0.15) is 0 Å². The Balaban J connectivity index is 2.67. The zero-order valence-corrected chi connectivity index (χ0v) is 10.4. The molecule has 0 unspecified atom stereocenters. The van der Waals surface area contributed by atoms with Gasteiger partial charge in [0.15, 0.2) is 0 Å². The average molecular weight is 255 g/mol. The van der Waals surface area contributed by atoms with Crippen molar-refractivity contribution < 1.29 is 14.7 Å². The molecule has 0 saturated carbocycles. The molecule has 1 aromatic rings. The van der Waals surface area contributed by atoms with E-state index in [-0.39, 0.29) is 30.1 Å². The number of nitrogen functional groups attached to an aromatic ring is 1. The molecular formula is C10H17N5O3. The molecule has 1 heterocycles. The quantitative estimate of drug-likeness (QED) is 0.662. The van der Waals surface area contributed by atoms with Crippen LogP contribution in [0.2, 0.25) is 0 Å². The summed E-state index contributed by atoms with van der Waals surface area (Å²) >= 11 is 0. The highest BCUT2D eigenvalue weighted by atomic mass is 16.4. The molecule has 0 atom stereocenters. The highest BCUT2D eigenvalue weighted by Crippen LogP contribution is 2.07. The molecule has 100 valence electrons. The average Bonchev–Trinajstić information content (AvgIpc) is 2.69. The Morgan fingerprint density at radius 2 is 2.17 bits per heavy atom. The Morgan fingerprint density at radius 1 is 1.50 bits per heavy atom. The number of carboxylic acid groups (broad SMARTS) is 1. The molecule has 0 aliphatic rings. The van der Waals surface area contributed by atoms with E-state index in [0.29, 0.717) is 13.0 Å². The topological polar surface area (TPSA) is 125 Å². The summed E-state index contributed by atoms with van der Waals surface area (Å²) in [6.45, 7) is 4.04. The summed E-state index contributed by atoms with van der Waals surface area (Å²) in [6.07, 6.45) is 0.415. The number of anilines is 1. The van der Waals surface area contributed by atoms with Crippen LogP contribution in [0.4, 0.5) is 5.95 Å². The predicted octanol–water partition coefficient (Wildman–Crippen LogP) is 0.102. The Morgan fingerprint density at radius 3 is 2.61 bits per heavy atom. The van der Waals surface area contributed by atoms with E-state index in [1.54, 1.807) is 0 Å². The van der Waals surface area contributed by atoms with Gasteiger partial charge < -0.3 is 15.7 Å². The summed E-state index contributed by atoms with van der Waals surface area (Å²) in [4.78, 5) is 27.8. The van der Waals surface area contributed by atoms with Crippen LogP contribution in [0.5, 0.6) is 0 Å². The Labute approximate surface area is 104 Å². The van der Waals surface area contributed by atoms with Gasteiger partial charge in [-0.15, -0.1) is 5.10 Å². The van der Waals surface area contributed by atoms with Crippen molar-refractivity contribution in [3.63, 3.8) is 0 Å². The number of aromatic nitrogens is 3. The number of hydrogen-bond donors (Lipinski definition) is 3. The van der Waals surface area contributed by atoms with Crippen molar-refractivity contribution in [3.05, 3.63) is 5.82 Å². The van der Waals surface area contributed by atoms with Crippen LogP contribution < -0.4 is 5.73 Å². The number of nitrogens with zero attached hydrogens (tertiary/aromatic N) is 3. The second-order valence-corrected chi connectivity index (χ2v) is 4.13. The molecule has 0 fully saturated rings. The van der Waals surface area contributed by atoms with Crippen molar-refractivity contribution in [1.29, 1.82) is 0 Å². The van der Waals surface area contributed by atoms with Crippen LogP contribution in [0.1, 0.15) is 37.3 Å². The fourth-order valence-corrected chi connectivity index (χ4v) is 1.50. The molecule has 0 spiro atoms. The fourth-order valence-electron chi connectivity index (χ4n) is 1.50. The first-order chi connectivity index (χ1) is 8.41. The molecule has 1 rings (SSSR count). The summed E-state index contributed by atoms with van der Waals surface area (Å²) in [5.74, 6) is -1.14. The van der Waals surface area contributed by atoms with Crippen LogP contribution in [0.25, 0.3) is 0 Å². The Hall–Kier alpha value is -2.12. The summed E-state index contributed by atoms with van der Waals surface area (Å²) in [7, 11) is 0. The van der Waals surface area contributed by atoms with Gasteiger partial charge in [-0.3, -0.25) is 14.7 Å². The third kappa shape index (κ3) is 3.72. The summed E-state index contributed by atoms with van der Waals surface area (Å²) < 4.78 is 0. The van der Waals surface area contributed by atoms with Crippen LogP contribution in [0.15, 0.2) is 0 Å². The number of nitrogens with one attached hydrogen (secondary N) is 1. The van der Waals surface area contributed by atoms with Crippen molar-refractivity contribution in [3.8, 4) is 0 Å². The molecule has 1 aromatic heterocycles. The van der Waals surface area contributed by atoms with Crippen molar-refractivity contribution in [2.45, 2.75) is 32.7 Å². The maximum absolute atomic E-state index is 12.1. The predicted molar refractivity (Wildman–Crippen MR) is 63.8 cm³/mol. The van der Waals surface area contributed by atoms with Crippen LogP contribution >= 0.6 is 0 Å². The van der Waals surface area contributed by atoms with Crippen LogP contribution in [-0.4, -0.2) is 49.7 Å². The van der Waals surface area contributed by atoms with Crippen molar-refractivity contribution in [1.82, 2.24) is 20.1 Å². The van der Waals surface area contributed by atoms with Gasteiger partial charge in [0.25, 0.3) is 5.91 Å². The van der Waals surface area contributed by atoms with E-state index < -0.39 is 5.97 Å². The molecule has 8 heteroatoms. The van der Waals surface area contributed by atoms with E-state index in [1.807, 2.05) is 13.8 Å². The molecular weight excluding hydrogens is 238 g/mol. The smallest absolute Gasteiger partial charge is 0.303 e. The number of amides is 1. The van der Waals surface area contributed by atoms with E-state index in [9.17, 15) is 9.59 Å². The first-order valence-electron chi connectivity index (χ1n) is 5.62. The fraction of sp³-hybridized carbons (Fsp3) is 0.600. The number of nitrogens with two attached hydrogens (primary N) is 1. The number of carbonyl (C=O) groups excluding carboxylic acids is 1. The molecule has 0 bridgehead atoms.